The summed E-state index contributed by atoms with van der Waals surface area (Å²) in [6, 6.07) is 6.04. The molecule has 1 aromatic rings. The maximum atomic E-state index is 11.0. The summed E-state index contributed by atoms with van der Waals surface area (Å²) in [4.78, 5) is 11.0. The number of nitrogens with two attached hydrogens (primary N) is 1. The molecular weight excluding hydrogens is 242 g/mol. The summed E-state index contributed by atoms with van der Waals surface area (Å²) in [5.41, 5.74) is 6.91. The molecule has 4 nitrogen and oxygen atoms in total. The van der Waals surface area contributed by atoms with Crippen molar-refractivity contribution in [1.29, 1.82) is 0 Å². The van der Waals surface area contributed by atoms with Gasteiger partial charge in [0.25, 0.3) is 0 Å². The van der Waals surface area contributed by atoms with Crippen LogP contribution in [-0.4, -0.2) is 23.2 Å². The lowest BCUT2D eigenvalue weighted by Gasteiger charge is -2.22. The third-order valence-corrected chi connectivity index (χ3v) is 3.43. The average molecular weight is 265 g/mol. The maximum absolute atomic E-state index is 11.0. The first-order valence-electron chi connectivity index (χ1n) is 6.61. The third kappa shape index (κ3) is 4.24. The highest BCUT2D eigenvalue weighted by Crippen LogP contribution is 2.20. The van der Waals surface area contributed by atoms with Gasteiger partial charge < -0.3 is 15.6 Å². The summed E-state index contributed by atoms with van der Waals surface area (Å²) in [6.07, 6.45) is 1.47. The fraction of sp³-hybridized carbons (Fsp3) is 0.533. The molecule has 0 aromatic heterocycles. The summed E-state index contributed by atoms with van der Waals surface area (Å²) in [5.74, 6) is -0.0869. The molecule has 4 heteroatoms. The SMILES string of the molecule is CCC(N)(CCCOc1cc(C)ccc1C)C(=O)O. The van der Waals surface area contributed by atoms with Crippen molar-refractivity contribution in [3.05, 3.63) is 29.3 Å². The van der Waals surface area contributed by atoms with Gasteiger partial charge in [-0.15, -0.1) is 0 Å². The normalized spacial score (nSPS) is 13.9. The molecule has 0 heterocycles. The number of carboxylic acids is 1. The van der Waals surface area contributed by atoms with Crippen LogP contribution in [0.4, 0.5) is 0 Å². The Kier molecular flexibility index (Phi) is 5.36. The molecule has 0 aliphatic carbocycles. The second-order valence-electron chi connectivity index (χ2n) is 5.04. The van der Waals surface area contributed by atoms with Crippen LogP contribution < -0.4 is 10.5 Å². The first-order chi connectivity index (χ1) is 8.89. The summed E-state index contributed by atoms with van der Waals surface area (Å²) in [7, 11) is 0. The van der Waals surface area contributed by atoms with Gasteiger partial charge in [-0.05, 0) is 50.3 Å². The van der Waals surface area contributed by atoms with E-state index in [1.165, 1.54) is 0 Å². The van der Waals surface area contributed by atoms with E-state index in [9.17, 15) is 4.79 Å². The summed E-state index contributed by atoms with van der Waals surface area (Å²) >= 11 is 0. The number of aryl methyl sites for hydroxylation is 2. The molecule has 0 aliphatic heterocycles. The molecule has 106 valence electrons. The van der Waals surface area contributed by atoms with Crippen molar-refractivity contribution in [1.82, 2.24) is 0 Å². The van der Waals surface area contributed by atoms with Gasteiger partial charge in [-0.25, -0.2) is 0 Å². The molecule has 19 heavy (non-hydrogen) atoms. The number of carbonyl (C=O) groups is 1. The molecular formula is C15H23NO3. The monoisotopic (exact) mass is 265 g/mol. The van der Waals surface area contributed by atoms with E-state index in [2.05, 4.69) is 0 Å². The molecule has 3 N–H and O–H groups in total. The number of benzene rings is 1. The second-order valence-corrected chi connectivity index (χ2v) is 5.04. The molecule has 0 radical (unpaired) electrons. The molecule has 0 amide bonds. The Bertz CT molecular complexity index is 445. The molecule has 0 saturated carbocycles. The molecule has 0 bridgehead atoms. The lowest BCUT2D eigenvalue weighted by Crippen LogP contribution is -2.47. The lowest BCUT2D eigenvalue weighted by atomic mass is 9.92. The number of aliphatic carboxylic acids is 1. The highest BCUT2D eigenvalue weighted by atomic mass is 16.5. The molecule has 0 saturated heterocycles. The average Bonchev–Trinajstić information content (AvgIpc) is 2.38. The standard InChI is InChI=1S/C15H23NO3/c1-4-15(16,14(17)18)8-5-9-19-13-10-11(2)6-7-12(13)3/h6-7,10H,4-5,8-9,16H2,1-3H3,(H,17,18). The van der Waals surface area contributed by atoms with Crippen molar-refractivity contribution < 1.29 is 14.6 Å². The zero-order valence-corrected chi connectivity index (χ0v) is 11.9. The van der Waals surface area contributed by atoms with Crippen LogP contribution in [0.1, 0.15) is 37.3 Å². The molecule has 0 fully saturated rings. The molecule has 1 rings (SSSR count). The Labute approximate surface area is 114 Å². The van der Waals surface area contributed by atoms with E-state index >= 15 is 0 Å². The number of carboxylic acid groups (broad SMARTS) is 1. The van der Waals surface area contributed by atoms with Crippen LogP contribution >= 0.6 is 0 Å². The van der Waals surface area contributed by atoms with Crippen LogP contribution in [0.25, 0.3) is 0 Å². The number of ether oxygens (including phenoxy) is 1. The van der Waals surface area contributed by atoms with Gasteiger partial charge in [-0.1, -0.05) is 19.1 Å². The van der Waals surface area contributed by atoms with Crippen molar-refractivity contribution >= 4 is 5.97 Å². The zero-order valence-electron chi connectivity index (χ0n) is 11.9. The zero-order chi connectivity index (χ0) is 14.5. The predicted octanol–water partition coefficient (Wildman–Crippen LogP) is 2.65. The van der Waals surface area contributed by atoms with E-state index in [0.717, 1.165) is 16.9 Å². The smallest absolute Gasteiger partial charge is 0.323 e. The van der Waals surface area contributed by atoms with E-state index < -0.39 is 11.5 Å². The Hall–Kier alpha value is -1.55. The number of hydrogen-bond acceptors (Lipinski definition) is 3. The first kappa shape index (κ1) is 15.5. The van der Waals surface area contributed by atoms with Crippen LogP contribution in [0.15, 0.2) is 18.2 Å². The summed E-state index contributed by atoms with van der Waals surface area (Å²) < 4.78 is 5.69. The van der Waals surface area contributed by atoms with Gasteiger partial charge in [-0.2, -0.15) is 0 Å². The first-order valence-corrected chi connectivity index (χ1v) is 6.61. The van der Waals surface area contributed by atoms with Crippen molar-refractivity contribution in [3.63, 3.8) is 0 Å². The van der Waals surface area contributed by atoms with Gasteiger partial charge in [0, 0.05) is 0 Å². The van der Waals surface area contributed by atoms with Crippen molar-refractivity contribution in [2.75, 3.05) is 6.61 Å². The highest BCUT2D eigenvalue weighted by Gasteiger charge is 2.30. The molecule has 0 aliphatic rings. The second kappa shape index (κ2) is 6.57. The van der Waals surface area contributed by atoms with Gasteiger partial charge in [0.2, 0.25) is 0 Å². The van der Waals surface area contributed by atoms with Gasteiger partial charge >= 0.3 is 5.97 Å². The van der Waals surface area contributed by atoms with Crippen LogP contribution in [0.3, 0.4) is 0 Å². The van der Waals surface area contributed by atoms with E-state index in [-0.39, 0.29) is 0 Å². The Balaban J connectivity index is 2.47. The van der Waals surface area contributed by atoms with Crippen molar-refractivity contribution in [2.45, 2.75) is 45.6 Å². The predicted molar refractivity (Wildman–Crippen MR) is 75.5 cm³/mol. The molecule has 0 spiro atoms. The topological polar surface area (TPSA) is 72.5 Å². The Morgan fingerprint density at radius 1 is 1.42 bits per heavy atom. The van der Waals surface area contributed by atoms with E-state index in [1.54, 1.807) is 6.92 Å². The largest absolute Gasteiger partial charge is 0.493 e. The Morgan fingerprint density at radius 2 is 2.11 bits per heavy atom. The highest BCUT2D eigenvalue weighted by molar-refractivity contribution is 5.78. The minimum atomic E-state index is -1.13. The van der Waals surface area contributed by atoms with Gasteiger partial charge in [0.1, 0.15) is 11.3 Å². The van der Waals surface area contributed by atoms with Crippen LogP contribution in [-0.2, 0) is 4.79 Å². The van der Waals surface area contributed by atoms with Crippen molar-refractivity contribution in [3.8, 4) is 5.75 Å². The van der Waals surface area contributed by atoms with Crippen LogP contribution in [0.5, 0.6) is 5.75 Å². The minimum absolute atomic E-state index is 0.420. The van der Waals surface area contributed by atoms with Gasteiger partial charge in [0.15, 0.2) is 0 Å². The maximum Gasteiger partial charge on any atom is 0.323 e. The van der Waals surface area contributed by atoms with Gasteiger partial charge in [0.05, 0.1) is 6.61 Å². The van der Waals surface area contributed by atoms with Crippen LogP contribution in [0.2, 0.25) is 0 Å². The third-order valence-electron chi connectivity index (χ3n) is 3.43. The minimum Gasteiger partial charge on any atom is -0.493 e. The van der Waals surface area contributed by atoms with E-state index in [1.807, 2.05) is 32.0 Å². The lowest BCUT2D eigenvalue weighted by molar-refractivity contribution is -0.143. The molecule has 1 atom stereocenters. The fourth-order valence-electron chi connectivity index (χ4n) is 1.87. The van der Waals surface area contributed by atoms with Gasteiger partial charge in [-0.3, -0.25) is 4.79 Å². The molecule has 1 unspecified atom stereocenters. The molecule has 1 aromatic carbocycles. The van der Waals surface area contributed by atoms with Crippen molar-refractivity contribution in [2.24, 2.45) is 5.73 Å². The van der Waals surface area contributed by atoms with E-state index in [0.29, 0.717) is 25.9 Å². The number of hydrogen-bond donors (Lipinski definition) is 2. The van der Waals surface area contributed by atoms with E-state index in [4.69, 9.17) is 15.6 Å². The quantitative estimate of drug-likeness (QED) is 0.743. The van der Waals surface area contributed by atoms with Crippen LogP contribution in [0, 0.1) is 13.8 Å². The number of rotatable bonds is 7. The summed E-state index contributed by atoms with van der Waals surface area (Å²) in [6.45, 7) is 6.28. The Morgan fingerprint density at radius 3 is 2.68 bits per heavy atom. The fourth-order valence-corrected chi connectivity index (χ4v) is 1.87. The summed E-state index contributed by atoms with van der Waals surface area (Å²) in [5, 5.41) is 9.06.